The molecule has 0 atom stereocenters. The van der Waals surface area contributed by atoms with Crippen molar-refractivity contribution < 1.29 is 9.18 Å². The van der Waals surface area contributed by atoms with Crippen LogP contribution in [-0.4, -0.2) is 21.8 Å². The highest BCUT2D eigenvalue weighted by atomic mass is 32.2. The summed E-state index contributed by atoms with van der Waals surface area (Å²) in [5.74, 6) is -0.573. The molecule has 6 heteroatoms. The molecular formula is C19H17FN2OS2. The van der Waals surface area contributed by atoms with Crippen molar-refractivity contribution in [1.82, 2.24) is 4.90 Å². The number of halogens is 1. The summed E-state index contributed by atoms with van der Waals surface area (Å²) in [6, 6.07) is 12.4. The van der Waals surface area contributed by atoms with E-state index in [1.54, 1.807) is 24.3 Å². The van der Waals surface area contributed by atoms with Crippen LogP contribution in [0.1, 0.15) is 16.7 Å². The molecule has 0 bridgehead atoms. The molecule has 1 saturated heterocycles. The van der Waals surface area contributed by atoms with Crippen LogP contribution in [0.3, 0.4) is 0 Å². The number of amides is 1. The Morgan fingerprint density at radius 2 is 2.00 bits per heavy atom. The maximum atomic E-state index is 13.8. The number of benzene rings is 2. The predicted octanol–water partition coefficient (Wildman–Crippen LogP) is 4.71. The molecule has 0 unspecified atom stereocenters. The van der Waals surface area contributed by atoms with Crippen LogP contribution in [0.2, 0.25) is 0 Å². The Kier molecular flexibility index (Phi) is 5.20. The SMILES string of the molecule is Cc1ccc(NCN2C(=O)C(=Cc3ccccc3F)SC2=S)c(C)c1. The van der Waals surface area contributed by atoms with E-state index in [1.165, 1.54) is 28.3 Å². The zero-order valence-corrected chi connectivity index (χ0v) is 15.5. The summed E-state index contributed by atoms with van der Waals surface area (Å²) in [6.07, 6.45) is 1.55. The Hall–Kier alpha value is -2.18. The van der Waals surface area contributed by atoms with Gasteiger partial charge in [-0.25, -0.2) is 4.39 Å². The second-order valence-electron chi connectivity index (χ2n) is 5.78. The van der Waals surface area contributed by atoms with Gasteiger partial charge in [0, 0.05) is 11.3 Å². The summed E-state index contributed by atoms with van der Waals surface area (Å²) in [4.78, 5) is 14.5. The minimum absolute atomic E-state index is 0.212. The standard InChI is InChI=1S/C19H17FN2OS2/c1-12-7-8-16(13(2)9-12)21-11-22-18(23)17(25-19(22)24)10-14-5-3-4-6-15(14)20/h3-10,21H,11H2,1-2H3. The molecule has 0 radical (unpaired) electrons. The largest absolute Gasteiger partial charge is 0.367 e. The molecule has 1 heterocycles. The lowest BCUT2D eigenvalue weighted by atomic mass is 10.1. The summed E-state index contributed by atoms with van der Waals surface area (Å²) in [6.45, 7) is 4.33. The van der Waals surface area contributed by atoms with Gasteiger partial charge in [-0.15, -0.1) is 0 Å². The quantitative estimate of drug-likeness (QED) is 0.622. The van der Waals surface area contributed by atoms with E-state index in [2.05, 4.69) is 11.4 Å². The van der Waals surface area contributed by atoms with Crippen molar-refractivity contribution >= 4 is 46.0 Å². The number of carbonyl (C=O) groups excluding carboxylic acids is 1. The molecule has 3 rings (SSSR count). The third-order valence-electron chi connectivity index (χ3n) is 3.87. The molecular weight excluding hydrogens is 355 g/mol. The maximum absolute atomic E-state index is 13.8. The van der Waals surface area contributed by atoms with E-state index in [-0.39, 0.29) is 18.4 Å². The summed E-state index contributed by atoms with van der Waals surface area (Å²) in [5.41, 5.74) is 3.62. The van der Waals surface area contributed by atoms with Gasteiger partial charge in [0.25, 0.3) is 5.91 Å². The minimum Gasteiger partial charge on any atom is -0.367 e. The van der Waals surface area contributed by atoms with Crippen molar-refractivity contribution in [3.8, 4) is 0 Å². The van der Waals surface area contributed by atoms with E-state index in [9.17, 15) is 9.18 Å². The van der Waals surface area contributed by atoms with Crippen molar-refractivity contribution in [2.75, 3.05) is 12.0 Å². The number of nitrogens with one attached hydrogen (secondary N) is 1. The zero-order valence-electron chi connectivity index (χ0n) is 13.9. The van der Waals surface area contributed by atoms with Crippen LogP contribution in [-0.2, 0) is 4.79 Å². The number of hydrogen-bond donors (Lipinski definition) is 1. The molecule has 1 aliphatic rings. The normalized spacial score (nSPS) is 16.0. The zero-order chi connectivity index (χ0) is 18.0. The van der Waals surface area contributed by atoms with Crippen LogP contribution >= 0.6 is 24.0 Å². The molecule has 25 heavy (non-hydrogen) atoms. The monoisotopic (exact) mass is 372 g/mol. The number of anilines is 1. The lowest BCUT2D eigenvalue weighted by Gasteiger charge is -2.17. The van der Waals surface area contributed by atoms with Gasteiger partial charge in [-0.2, -0.15) is 0 Å². The fourth-order valence-corrected chi connectivity index (χ4v) is 3.79. The molecule has 1 fully saturated rings. The van der Waals surface area contributed by atoms with E-state index < -0.39 is 0 Å². The Morgan fingerprint density at radius 3 is 2.72 bits per heavy atom. The smallest absolute Gasteiger partial charge is 0.267 e. The molecule has 0 aromatic heterocycles. The highest BCUT2D eigenvalue weighted by Gasteiger charge is 2.32. The van der Waals surface area contributed by atoms with Crippen LogP contribution in [0.4, 0.5) is 10.1 Å². The molecule has 1 N–H and O–H groups in total. The number of carbonyl (C=O) groups is 1. The maximum Gasteiger partial charge on any atom is 0.267 e. The van der Waals surface area contributed by atoms with Gasteiger partial charge in [0.15, 0.2) is 0 Å². The number of nitrogens with zero attached hydrogens (tertiary/aromatic N) is 1. The van der Waals surface area contributed by atoms with Gasteiger partial charge in [0.05, 0.1) is 11.6 Å². The summed E-state index contributed by atoms with van der Waals surface area (Å²) >= 11 is 6.50. The lowest BCUT2D eigenvalue weighted by Crippen LogP contribution is -2.33. The number of thioether (sulfide) groups is 1. The second kappa shape index (κ2) is 7.37. The van der Waals surface area contributed by atoms with Crippen LogP contribution in [0.15, 0.2) is 47.4 Å². The van der Waals surface area contributed by atoms with Gasteiger partial charge in [0.1, 0.15) is 10.1 Å². The first-order chi connectivity index (χ1) is 12.0. The second-order valence-corrected chi connectivity index (χ2v) is 7.46. The van der Waals surface area contributed by atoms with E-state index in [0.29, 0.717) is 14.8 Å². The third kappa shape index (κ3) is 3.91. The van der Waals surface area contributed by atoms with E-state index in [1.807, 2.05) is 26.0 Å². The van der Waals surface area contributed by atoms with Crippen LogP contribution in [0.25, 0.3) is 6.08 Å². The summed E-state index contributed by atoms with van der Waals surface area (Å²) in [7, 11) is 0. The van der Waals surface area contributed by atoms with Gasteiger partial charge in [0.2, 0.25) is 0 Å². The van der Waals surface area contributed by atoms with Crippen molar-refractivity contribution in [3.63, 3.8) is 0 Å². The molecule has 2 aromatic rings. The Morgan fingerprint density at radius 1 is 1.24 bits per heavy atom. The van der Waals surface area contributed by atoms with Gasteiger partial charge in [-0.05, 0) is 37.6 Å². The topological polar surface area (TPSA) is 32.3 Å². The van der Waals surface area contributed by atoms with Crippen molar-refractivity contribution in [3.05, 3.63) is 69.9 Å². The lowest BCUT2D eigenvalue weighted by molar-refractivity contribution is -0.121. The van der Waals surface area contributed by atoms with Crippen LogP contribution in [0, 0.1) is 19.7 Å². The van der Waals surface area contributed by atoms with Gasteiger partial charge >= 0.3 is 0 Å². The number of hydrogen-bond acceptors (Lipinski definition) is 4. The molecule has 0 saturated carbocycles. The fourth-order valence-electron chi connectivity index (χ4n) is 2.55. The first-order valence-electron chi connectivity index (χ1n) is 7.77. The molecule has 1 aliphatic heterocycles. The van der Waals surface area contributed by atoms with E-state index in [0.717, 1.165) is 11.3 Å². The summed E-state index contributed by atoms with van der Waals surface area (Å²) in [5, 5.41) is 3.24. The molecule has 128 valence electrons. The van der Waals surface area contributed by atoms with Gasteiger partial charge < -0.3 is 5.32 Å². The molecule has 0 aliphatic carbocycles. The van der Waals surface area contributed by atoms with Crippen molar-refractivity contribution in [2.24, 2.45) is 0 Å². The number of rotatable bonds is 4. The molecule has 1 amide bonds. The van der Waals surface area contributed by atoms with Gasteiger partial charge in [-0.3, -0.25) is 9.69 Å². The van der Waals surface area contributed by atoms with Crippen molar-refractivity contribution in [1.29, 1.82) is 0 Å². The first-order valence-corrected chi connectivity index (χ1v) is 8.99. The first kappa shape index (κ1) is 17.6. The predicted molar refractivity (Wildman–Crippen MR) is 106 cm³/mol. The van der Waals surface area contributed by atoms with Crippen molar-refractivity contribution in [2.45, 2.75) is 13.8 Å². The molecule has 0 spiro atoms. The average Bonchev–Trinajstić information content (AvgIpc) is 2.83. The molecule has 2 aromatic carbocycles. The summed E-state index contributed by atoms with van der Waals surface area (Å²) < 4.78 is 14.2. The minimum atomic E-state index is -0.360. The molecule has 3 nitrogen and oxygen atoms in total. The average molecular weight is 372 g/mol. The Balaban J connectivity index is 1.74. The third-order valence-corrected chi connectivity index (χ3v) is 5.25. The van der Waals surface area contributed by atoms with E-state index >= 15 is 0 Å². The van der Waals surface area contributed by atoms with Crippen LogP contribution in [0.5, 0.6) is 0 Å². The van der Waals surface area contributed by atoms with Gasteiger partial charge in [-0.1, -0.05) is 59.9 Å². The highest BCUT2D eigenvalue weighted by Crippen LogP contribution is 2.33. The van der Waals surface area contributed by atoms with E-state index in [4.69, 9.17) is 12.2 Å². The number of aryl methyl sites for hydroxylation is 2. The number of thiocarbonyl (C=S) groups is 1. The van der Waals surface area contributed by atoms with Crippen LogP contribution < -0.4 is 5.32 Å². The highest BCUT2D eigenvalue weighted by molar-refractivity contribution is 8.26. The Labute approximate surface area is 155 Å². The Bertz CT molecular complexity index is 879. The fraction of sp³-hybridized carbons (Fsp3) is 0.158.